The molecule has 11 heteroatoms. The summed E-state index contributed by atoms with van der Waals surface area (Å²) in [7, 11) is 0. The van der Waals surface area contributed by atoms with E-state index in [0.29, 0.717) is 19.3 Å². The minimum atomic E-state index is -1.99. The first-order valence-electron chi connectivity index (χ1n) is 13.7. The molecule has 2 heterocycles. The molecular formula is C26H44N4O6Pt. The summed E-state index contributed by atoms with van der Waals surface area (Å²) in [6, 6.07) is 0.562. The third kappa shape index (κ3) is 10.6. The van der Waals surface area contributed by atoms with Crippen molar-refractivity contribution < 1.29 is 50.5 Å². The van der Waals surface area contributed by atoms with Gasteiger partial charge in [-0.3, -0.25) is 9.59 Å². The summed E-state index contributed by atoms with van der Waals surface area (Å²) < 4.78 is 0. The van der Waals surface area contributed by atoms with Crippen LogP contribution in [0.15, 0.2) is 0 Å². The van der Waals surface area contributed by atoms with Crippen molar-refractivity contribution in [2.75, 3.05) is 26.2 Å². The molecule has 0 aromatic rings. The Kier molecular flexibility index (Phi) is 15.5. The van der Waals surface area contributed by atoms with Gasteiger partial charge >= 0.3 is 21.1 Å². The van der Waals surface area contributed by atoms with Crippen molar-refractivity contribution in [3.8, 4) is 0 Å². The van der Waals surface area contributed by atoms with Crippen molar-refractivity contribution >= 4 is 23.8 Å². The quantitative estimate of drug-likeness (QED) is 0.243. The van der Waals surface area contributed by atoms with Crippen LogP contribution in [0.4, 0.5) is 0 Å². The van der Waals surface area contributed by atoms with E-state index in [-0.39, 0.29) is 70.9 Å². The van der Waals surface area contributed by atoms with Gasteiger partial charge in [-0.1, -0.05) is 25.7 Å². The van der Waals surface area contributed by atoms with Crippen LogP contribution in [0.5, 0.6) is 0 Å². The molecule has 10 nitrogen and oxygen atoms in total. The summed E-state index contributed by atoms with van der Waals surface area (Å²) in [6.07, 6.45) is 12.0. The van der Waals surface area contributed by atoms with Crippen LogP contribution in [0.2, 0.25) is 0 Å². The second-order valence-corrected chi connectivity index (χ2v) is 10.5. The summed E-state index contributed by atoms with van der Waals surface area (Å²) in [4.78, 5) is 50.1. The second kappa shape index (κ2) is 17.2. The molecule has 3 aliphatic rings. The van der Waals surface area contributed by atoms with E-state index in [9.17, 15) is 29.4 Å². The molecule has 37 heavy (non-hydrogen) atoms. The zero-order valence-corrected chi connectivity index (χ0v) is 24.2. The normalized spacial score (nSPS) is 23.2. The zero-order valence-electron chi connectivity index (χ0n) is 21.9. The first-order valence-corrected chi connectivity index (χ1v) is 13.7. The maximum atomic E-state index is 12.2. The number of hydrogen-bond donors (Lipinski definition) is 2. The number of rotatable bonds is 9. The summed E-state index contributed by atoms with van der Waals surface area (Å²) >= 11 is 0. The van der Waals surface area contributed by atoms with Crippen LogP contribution in [0.3, 0.4) is 0 Å². The molecule has 0 aromatic carbocycles. The van der Waals surface area contributed by atoms with E-state index in [1.165, 1.54) is 24.2 Å². The molecule has 3 fully saturated rings. The number of carbonyl (C=O) groups excluding carboxylic acids is 4. The van der Waals surface area contributed by atoms with Gasteiger partial charge in [0.1, 0.15) is 0 Å². The molecule has 2 atom stereocenters. The summed E-state index contributed by atoms with van der Waals surface area (Å²) in [5, 5.41) is 22.3. The van der Waals surface area contributed by atoms with Crippen LogP contribution in [-0.2, 0) is 40.2 Å². The fraction of sp³-hybridized carbons (Fsp3) is 0.846. The molecule has 2 amide bonds. The molecule has 0 spiro atoms. The number of amides is 2. The first-order chi connectivity index (χ1) is 17.2. The van der Waals surface area contributed by atoms with Crippen molar-refractivity contribution in [1.29, 1.82) is 0 Å². The maximum Gasteiger partial charge on any atom is 2.00 e. The Morgan fingerprint density at radius 2 is 1.05 bits per heavy atom. The van der Waals surface area contributed by atoms with Crippen LogP contribution >= 0.6 is 0 Å². The Labute approximate surface area is 235 Å². The predicted octanol–water partition coefficient (Wildman–Crippen LogP) is -0.339. The number of aliphatic carboxylic acids is 2. The third-order valence-corrected chi connectivity index (χ3v) is 7.87. The molecule has 4 N–H and O–H groups in total. The minimum Gasteiger partial charge on any atom is -0.549 e. The van der Waals surface area contributed by atoms with Crippen molar-refractivity contribution in [3.63, 3.8) is 0 Å². The monoisotopic (exact) mass is 703 g/mol. The number of nitrogens with zero attached hydrogens (tertiary/aromatic N) is 2. The molecule has 0 unspecified atom stereocenters. The van der Waals surface area contributed by atoms with Crippen molar-refractivity contribution in [2.24, 2.45) is 16.9 Å². The first kappa shape index (κ1) is 33.5. The molecule has 3 rings (SSSR count). The average Bonchev–Trinajstić information content (AvgIpc) is 2.88. The molecule has 0 bridgehead atoms. The van der Waals surface area contributed by atoms with Crippen LogP contribution in [-0.4, -0.2) is 71.8 Å². The van der Waals surface area contributed by atoms with Gasteiger partial charge in [-0.05, 0) is 57.8 Å². The average molecular weight is 704 g/mol. The van der Waals surface area contributed by atoms with Gasteiger partial charge < -0.3 is 41.1 Å². The van der Waals surface area contributed by atoms with Crippen LogP contribution < -0.4 is 21.7 Å². The van der Waals surface area contributed by atoms with Gasteiger partial charge in [0, 0.05) is 51.1 Å². The number of nitrogens with two attached hydrogens (primary N) is 2. The molecule has 0 radical (unpaired) electrons. The number of likely N-dealkylation sites (tertiary alicyclic amines) is 2. The van der Waals surface area contributed by atoms with Gasteiger partial charge in [-0.2, -0.15) is 0 Å². The number of piperidine rings is 2. The minimum absolute atomic E-state index is 0. The van der Waals surface area contributed by atoms with Gasteiger partial charge in [0.25, 0.3) is 0 Å². The molecule has 0 aromatic heterocycles. The van der Waals surface area contributed by atoms with Gasteiger partial charge in [-0.25, -0.2) is 0 Å². The SMILES string of the molecule is N[C@@H]1CCCC[C@H]1N.O=C(CCCCCCC(=O)N1CCC(C(=O)[O-])(C(=O)[O-])CC1)N1CCCCC1.[Pt+2]. The number of unbranched alkanes of at least 4 members (excludes halogenated alkanes) is 3. The van der Waals surface area contributed by atoms with Gasteiger partial charge in [0.05, 0.1) is 17.4 Å². The Balaban J connectivity index is 0.000000647. The van der Waals surface area contributed by atoms with Gasteiger partial charge in [-0.15, -0.1) is 0 Å². The molecule has 2 saturated heterocycles. The maximum absolute atomic E-state index is 12.2. The fourth-order valence-corrected chi connectivity index (χ4v) is 5.18. The van der Waals surface area contributed by atoms with E-state index < -0.39 is 17.4 Å². The summed E-state index contributed by atoms with van der Waals surface area (Å²) in [6.45, 7) is 1.93. The van der Waals surface area contributed by atoms with E-state index in [0.717, 1.165) is 58.0 Å². The number of carboxylic acids is 2. The van der Waals surface area contributed by atoms with E-state index in [4.69, 9.17) is 11.5 Å². The Morgan fingerprint density at radius 1 is 0.649 bits per heavy atom. The topological polar surface area (TPSA) is 173 Å². The number of hydrogen-bond acceptors (Lipinski definition) is 8. The van der Waals surface area contributed by atoms with Gasteiger partial charge in [0.2, 0.25) is 11.8 Å². The van der Waals surface area contributed by atoms with E-state index >= 15 is 0 Å². The Bertz CT molecular complexity index is 713. The molecule has 1 saturated carbocycles. The van der Waals surface area contributed by atoms with Gasteiger partial charge in [0.15, 0.2) is 0 Å². The Hall–Kier alpha value is -1.51. The van der Waals surface area contributed by atoms with Crippen molar-refractivity contribution in [2.45, 2.75) is 108 Å². The standard InChI is InChI=1S/C20H32N2O6.C6H14N2.Pt/c23-16(21-12-6-3-7-13-21)8-4-1-2-5-9-17(24)22-14-10-20(11-15-22,18(25)26)19(27)28;7-5-3-1-2-4-6(5)8;/h1-15H2,(H,25,26)(H,27,28);5-6H,1-4,7-8H2;/q;;+2/p-2/t;5-,6-;/m.1./s1. The summed E-state index contributed by atoms with van der Waals surface area (Å²) in [5.41, 5.74) is 9.32. The largest absolute Gasteiger partial charge is 2.00 e. The molecule has 1 aliphatic carbocycles. The summed E-state index contributed by atoms with van der Waals surface area (Å²) in [5.74, 6) is -3.14. The molecule has 2 aliphatic heterocycles. The van der Waals surface area contributed by atoms with E-state index in [1.54, 1.807) is 0 Å². The number of carboxylic acid groups (broad SMARTS) is 2. The fourth-order valence-electron chi connectivity index (χ4n) is 5.18. The number of carbonyl (C=O) groups is 4. The Morgan fingerprint density at radius 3 is 1.43 bits per heavy atom. The van der Waals surface area contributed by atoms with E-state index in [2.05, 4.69) is 0 Å². The smallest absolute Gasteiger partial charge is 0.549 e. The zero-order chi connectivity index (χ0) is 26.6. The van der Waals surface area contributed by atoms with Crippen molar-refractivity contribution in [1.82, 2.24) is 9.80 Å². The molecular weight excluding hydrogens is 659 g/mol. The van der Waals surface area contributed by atoms with Crippen molar-refractivity contribution in [3.05, 3.63) is 0 Å². The third-order valence-electron chi connectivity index (χ3n) is 7.87. The predicted molar refractivity (Wildman–Crippen MR) is 131 cm³/mol. The van der Waals surface area contributed by atoms with Crippen LogP contribution in [0.25, 0.3) is 0 Å². The van der Waals surface area contributed by atoms with Crippen LogP contribution in [0.1, 0.15) is 96.3 Å². The second-order valence-electron chi connectivity index (χ2n) is 10.5. The van der Waals surface area contributed by atoms with E-state index in [1.807, 2.05) is 4.90 Å². The molecule has 214 valence electrons. The van der Waals surface area contributed by atoms with Crippen LogP contribution in [0, 0.1) is 5.41 Å².